The molecule has 2 atom stereocenters. The third kappa shape index (κ3) is 2.50. The van der Waals surface area contributed by atoms with E-state index in [4.69, 9.17) is 5.41 Å². The minimum Gasteiger partial charge on any atom is -0.277 e. The first-order valence-electron chi connectivity index (χ1n) is 5.74. The summed E-state index contributed by atoms with van der Waals surface area (Å²) >= 11 is 1.29. The highest BCUT2D eigenvalue weighted by Gasteiger charge is 2.48. The number of hydrogen-bond acceptors (Lipinski definition) is 6. The first-order valence-corrected chi connectivity index (χ1v) is 8.44. The average Bonchev–Trinajstić information content (AvgIpc) is 2.79. The van der Waals surface area contributed by atoms with E-state index in [1.54, 1.807) is 30.7 Å². The Morgan fingerprint density at radius 3 is 2.89 bits per heavy atom. The van der Waals surface area contributed by atoms with Gasteiger partial charge in [-0.1, -0.05) is 11.8 Å². The molecule has 3 rings (SSSR count). The van der Waals surface area contributed by atoms with Gasteiger partial charge in [0.2, 0.25) is 0 Å². The molecule has 3 heterocycles. The molecule has 0 spiro atoms. The number of amidine groups is 1. The van der Waals surface area contributed by atoms with Crippen molar-refractivity contribution in [2.75, 3.05) is 11.5 Å². The van der Waals surface area contributed by atoms with Crippen molar-refractivity contribution in [2.45, 2.75) is 11.3 Å². The fourth-order valence-corrected chi connectivity index (χ4v) is 5.92. The number of hydrogen-bond donors (Lipinski definition) is 1. The molecule has 0 unspecified atom stereocenters. The molecule has 19 heavy (non-hydrogen) atoms. The van der Waals surface area contributed by atoms with Crippen LogP contribution in [0.5, 0.6) is 0 Å². The quantitative estimate of drug-likeness (QED) is 0.806. The van der Waals surface area contributed by atoms with E-state index in [1.807, 2.05) is 0 Å². The summed E-state index contributed by atoms with van der Waals surface area (Å²) in [6.07, 6.45) is 4.95. The van der Waals surface area contributed by atoms with Gasteiger partial charge in [0.15, 0.2) is 15.0 Å². The molecule has 1 N–H and O–H groups in total. The van der Waals surface area contributed by atoms with Gasteiger partial charge in [0, 0.05) is 17.6 Å². The van der Waals surface area contributed by atoms with Gasteiger partial charge in [0.05, 0.1) is 23.8 Å². The summed E-state index contributed by atoms with van der Waals surface area (Å²) in [4.78, 5) is 3.91. The van der Waals surface area contributed by atoms with E-state index >= 15 is 0 Å². The Kier molecular flexibility index (Phi) is 3.06. The summed E-state index contributed by atoms with van der Waals surface area (Å²) in [6.45, 7) is 0. The second kappa shape index (κ2) is 4.61. The van der Waals surface area contributed by atoms with Crippen molar-refractivity contribution < 1.29 is 8.42 Å². The van der Waals surface area contributed by atoms with E-state index in [-0.39, 0.29) is 22.8 Å². The van der Waals surface area contributed by atoms with Crippen LogP contribution in [-0.4, -0.2) is 52.6 Å². The van der Waals surface area contributed by atoms with E-state index < -0.39 is 9.84 Å². The first-order chi connectivity index (χ1) is 9.05. The number of thioether (sulfide) groups is 1. The zero-order valence-electron chi connectivity index (χ0n) is 9.93. The predicted molar refractivity (Wildman–Crippen MR) is 75.2 cm³/mol. The van der Waals surface area contributed by atoms with Crippen LogP contribution < -0.4 is 0 Å². The Hall–Kier alpha value is -1.41. The van der Waals surface area contributed by atoms with Crippen molar-refractivity contribution in [1.29, 1.82) is 5.41 Å². The summed E-state index contributed by atoms with van der Waals surface area (Å²) in [6, 6.07) is 3.40. The highest BCUT2D eigenvalue weighted by atomic mass is 32.2. The molecule has 0 amide bonds. The Balaban J connectivity index is 1.81. The van der Waals surface area contributed by atoms with Crippen molar-refractivity contribution in [3.8, 4) is 0 Å². The van der Waals surface area contributed by atoms with Crippen molar-refractivity contribution >= 4 is 33.0 Å². The van der Waals surface area contributed by atoms with Crippen molar-refractivity contribution in [3.63, 3.8) is 0 Å². The Labute approximate surface area is 115 Å². The van der Waals surface area contributed by atoms with Gasteiger partial charge in [-0.2, -0.15) is 5.10 Å². The number of nitrogens with zero attached hydrogens (tertiary/aromatic N) is 3. The fraction of sp³-hybridized carbons (Fsp3) is 0.364. The molecular weight excluding hydrogens is 284 g/mol. The van der Waals surface area contributed by atoms with Gasteiger partial charge in [0.1, 0.15) is 0 Å². The van der Waals surface area contributed by atoms with Crippen LogP contribution in [0.25, 0.3) is 0 Å². The Morgan fingerprint density at radius 2 is 2.16 bits per heavy atom. The molecule has 0 aliphatic carbocycles. The topological polar surface area (TPSA) is 86.5 Å². The third-order valence-electron chi connectivity index (χ3n) is 3.09. The molecule has 8 heteroatoms. The van der Waals surface area contributed by atoms with Crippen LogP contribution in [0.3, 0.4) is 0 Å². The molecule has 2 fully saturated rings. The SMILES string of the molecule is N=C1S[C@@H]2CS(=O)(=O)C[C@@H]2N1/N=C\c1ccncc1. The molecule has 2 aliphatic rings. The molecule has 0 saturated carbocycles. The predicted octanol–water partition coefficient (Wildman–Crippen LogP) is 0.565. The number of aromatic nitrogens is 1. The molecule has 0 radical (unpaired) electrons. The minimum atomic E-state index is -2.99. The lowest BCUT2D eigenvalue weighted by Crippen LogP contribution is -2.32. The third-order valence-corrected chi connectivity index (χ3v) is 6.22. The molecule has 2 saturated heterocycles. The zero-order chi connectivity index (χ0) is 13.5. The summed E-state index contributed by atoms with van der Waals surface area (Å²) < 4.78 is 23.2. The molecule has 0 bridgehead atoms. The van der Waals surface area contributed by atoms with Crippen LogP contribution in [0.2, 0.25) is 0 Å². The zero-order valence-corrected chi connectivity index (χ0v) is 11.6. The van der Waals surface area contributed by atoms with Crippen LogP contribution >= 0.6 is 11.8 Å². The van der Waals surface area contributed by atoms with Gasteiger partial charge in [-0.05, 0) is 17.7 Å². The largest absolute Gasteiger partial charge is 0.277 e. The van der Waals surface area contributed by atoms with E-state index in [0.717, 1.165) is 5.56 Å². The number of hydrazone groups is 1. The van der Waals surface area contributed by atoms with Gasteiger partial charge < -0.3 is 0 Å². The first kappa shape index (κ1) is 12.6. The molecule has 1 aromatic rings. The summed E-state index contributed by atoms with van der Waals surface area (Å²) in [5, 5.41) is 13.9. The number of sulfone groups is 1. The Bertz CT molecular complexity index is 629. The highest BCUT2D eigenvalue weighted by molar-refractivity contribution is 8.15. The maximum atomic E-state index is 11.6. The molecule has 1 aromatic heterocycles. The van der Waals surface area contributed by atoms with Gasteiger partial charge >= 0.3 is 0 Å². The van der Waals surface area contributed by atoms with E-state index in [0.29, 0.717) is 5.17 Å². The normalized spacial score (nSPS) is 29.1. The van der Waals surface area contributed by atoms with Gasteiger partial charge in [0.25, 0.3) is 0 Å². The lowest BCUT2D eigenvalue weighted by Gasteiger charge is -2.17. The number of fused-ring (bicyclic) bond motifs is 1. The summed E-state index contributed by atoms with van der Waals surface area (Å²) in [5.41, 5.74) is 0.872. The molecular formula is C11H12N4O2S2. The minimum absolute atomic E-state index is 0.0629. The van der Waals surface area contributed by atoms with Crippen molar-refractivity contribution in [3.05, 3.63) is 30.1 Å². The maximum absolute atomic E-state index is 11.6. The summed E-state index contributed by atoms with van der Waals surface area (Å²) in [7, 11) is -2.99. The maximum Gasteiger partial charge on any atom is 0.177 e. The van der Waals surface area contributed by atoms with Crippen LogP contribution in [-0.2, 0) is 9.84 Å². The van der Waals surface area contributed by atoms with Crippen molar-refractivity contribution in [2.24, 2.45) is 5.10 Å². The smallest absolute Gasteiger partial charge is 0.177 e. The number of pyridine rings is 1. The van der Waals surface area contributed by atoms with Gasteiger partial charge in [-0.25, -0.2) is 13.4 Å². The van der Waals surface area contributed by atoms with Crippen LogP contribution in [0, 0.1) is 5.41 Å². The lowest BCUT2D eigenvalue weighted by molar-refractivity contribution is 0.376. The van der Waals surface area contributed by atoms with E-state index in [9.17, 15) is 8.42 Å². The molecule has 6 nitrogen and oxygen atoms in total. The van der Waals surface area contributed by atoms with E-state index in [2.05, 4.69) is 10.1 Å². The average molecular weight is 296 g/mol. The highest BCUT2D eigenvalue weighted by Crippen LogP contribution is 2.37. The lowest BCUT2D eigenvalue weighted by atomic mass is 10.2. The standard InChI is InChI=1S/C11H12N4O2S2/c12-11-15(14-5-8-1-3-13-4-2-8)9-6-19(16,17)7-10(9)18-11/h1-5,9-10,12H,6-7H2/b12-11?,14-5-/t9-,10+/m0/s1. The second-order valence-corrected chi connectivity index (χ2v) is 7.86. The molecule has 2 aliphatic heterocycles. The summed E-state index contributed by atoms with van der Waals surface area (Å²) in [5.74, 6) is 0.229. The van der Waals surface area contributed by atoms with Crippen LogP contribution in [0.1, 0.15) is 5.56 Å². The van der Waals surface area contributed by atoms with Gasteiger partial charge in [-0.15, -0.1) is 0 Å². The Morgan fingerprint density at radius 1 is 1.42 bits per heavy atom. The van der Waals surface area contributed by atoms with Gasteiger partial charge in [-0.3, -0.25) is 10.4 Å². The van der Waals surface area contributed by atoms with Crippen LogP contribution in [0.15, 0.2) is 29.6 Å². The van der Waals surface area contributed by atoms with Crippen molar-refractivity contribution in [1.82, 2.24) is 9.99 Å². The molecule has 100 valence electrons. The fourth-order valence-electron chi connectivity index (χ4n) is 2.20. The second-order valence-electron chi connectivity index (χ2n) is 4.48. The van der Waals surface area contributed by atoms with E-state index in [1.165, 1.54) is 16.8 Å². The number of nitrogens with one attached hydrogen (secondary N) is 1. The van der Waals surface area contributed by atoms with Crippen LogP contribution in [0.4, 0.5) is 0 Å². The molecule has 0 aromatic carbocycles. The number of rotatable bonds is 2. The monoisotopic (exact) mass is 296 g/mol.